The molecule has 0 spiro atoms. The summed E-state index contributed by atoms with van der Waals surface area (Å²) in [5.74, 6) is 0.00265. The van der Waals surface area contributed by atoms with E-state index in [2.05, 4.69) is 10.6 Å². The molecule has 0 aliphatic heterocycles. The van der Waals surface area contributed by atoms with Crippen LogP contribution in [-0.2, 0) is 4.79 Å². The first kappa shape index (κ1) is 16.4. The van der Waals surface area contributed by atoms with E-state index >= 15 is 0 Å². The molecule has 3 N–H and O–H groups in total. The lowest BCUT2D eigenvalue weighted by Gasteiger charge is -2.32. The lowest BCUT2D eigenvalue weighted by molar-refractivity contribution is -0.124. The molecule has 1 amide bonds. The zero-order chi connectivity index (χ0) is 13.7. The first-order valence-corrected chi connectivity index (χ1v) is 6.34. The van der Waals surface area contributed by atoms with Crippen LogP contribution in [0, 0.1) is 0 Å². The monoisotopic (exact) mass is 244 g/mol. The minimum atomic E-state index is -0.262. The zero-order valence-corrected chi connectivity index (χ0v) is 12.1. The van der Waals surface area contributed by atoms with Crippen LogP contribution in [0.3, 0.4) is 0 Å². The van der Waals surface area contributed by atoms with Gasteiger partial charge in [-0.2, -0.15) is 0 Å². The van der Waals surface area contributed by atoms with Crippen LogP contribution >= 0.6 is 0 Å². The van der Waals surface area contributed by atoms with Crippen LogP contribution in [0.1, 0.15) is 54.4 Å². The normalized spacial score (nSPS) is 14.5. The van der Waals surface area contributed by atoms with E-state index in [1.54, 1.807) is 0 Å². The molecule has 17 heavy (non-hydrogen) atoms. The molecule has 4 heteroatoms. The van der Waals surface area contributed by atoms with Gasteiger partial charge in [-0.25, -0.2) is 0 Å². The van der Waals surface area contributed by atoms with Crippen LogP contribution in [0.15, 0.2) is 0 Å². The van der Waals surface area contributed by atoms with Crippen molar-refractivity contribution in [2.75, 3.05) is 6.61 Å². The fourth-order valence-electron chi connectivity index (χ4n) is 1.53. The highest BCUT2D eigenvalue weighted by molar-refractivity contribution is 5.82. The number of rotatable bonds is 7. The van der Waals surface area contributed by atoms with E-state index in [4.69, 9.17) is 5.11 Å². The molecule has 0 bridgehead atoms. The molecule has 1 atom stereocenters. The van der Waals surface area contributed by atoms with Gasteiger partial charge in [-0.1, -0.05) is 6.92 Å². The van der Waals surface area contributed by atoms with Gasteiger partial charge in [0.15, 0.2) is 0 Å². The van der Waals surface area contributed by atoms with Crippen molar-refractivity contribution in [2.45, 2.75) is 71.5 Å². The highest BCUT2D eigenvalue weighted by Crippen LogP contribution is 2.10. The molecule has 1 unspecified atom stereocenters. The largest absolute Gasteiger partial charge is 0.396 e. The Morgan fingerprint density at radius 2 is 1.76 bits per heavy atom. The third-order valence-electron chi connectivity index (χ3n) is 3.08. The molecule has 0 aliphatic rings. The summed E-state index contributed by atoms with van der Waals surface area (Å²) in [5.41, 5.74) is -0.407. The van der Waals surface area contributed by atoms with Gasteiger partial charge in [0, 0.05) is 17.7 Å². The van der Waals surface area contributed by atoms with Crippen molar-refractivity contribution in [3.05, 3.63) is 0 Å². The first-order chi connectivity index (χ1) is 7.63. The fraction of sp³-hybridized carbons (Fsp3) is 0.923. The number of hydrogen-bond acceptors (Lipinski definition) is 3. The molecular weight excluding hydrogens is 216 g/mol. The van der Waals surface area contributed by atoms with E-state index in [-0.39, 0.29) is 29.6 Å². The minimum Gasteiger partial charge on any atom is -0.396 e. The average Bonchev–Trinajstić information content (AvgIpc) is 2.16. The Bertz CT molecular complexity index is 250. The van der Waals surface area contributed by atoms with Crippen LogP contribution < -0.4 is 10.6 Å². The topological polar surface area (TPSA) is 61.4 Å². The molecule has 0 rings (SSSR count). The molecular formula is C13H28N2O2. The molecule has 0 aromatic carbocycles. The molecule has 0 aromatic heterocycles. The molecule has 0 aliphatic carbocycles. The smallest absolute Gasteiger partial charge is 0.237 e. The van der Waals surface area contributed by atoms with Crippen LogP contribution in [0.2, 0.25) is 0 Å². The predicted octanol–water partition coefficient (Wildman–Crippen LogP) is 1.43. The molecule has 102 valence electrons. The third-order valence-corrected chi connectivity index (χ3v) is 3.08. The van der Waals surface area contributed by atoms with Gasteiger partial charge in [0.2, 0.25) is 5.91 Å². The Kier molecular flexibility index (Phi) is 6.13. The van der Waals surface area contributed by atoms with E-state index in [9.17, 15) is 4.79 Å². The van der Waals surface area contributed by atoms with Gasteiger partial charge in [0.1, 0.15) is 0 Å². The molecule has 4 nitrogen and oxygen atoms in total. The Labute approximate surface area is 105 Å². The number of aliphatic hydroxyl groups excluding tert-OH is 1. The molecule has 0 radical (unpaired) electrons. The first-order valence-electron chi connectivity index (χ1n) is 6.34. The fourth-order valence-corrected chi connectivity index (χ4v) is 1.53. The highest BCUT2D eigenvalue weighted by Gasteiger charge is 2.26. The van der Waals surface area contributed by atoms with Crippen LogP contribution in [0.4, 0.5) is 0 Å². The number of aliphatic hydroxyl groups is 1. The van der Waals surface area contributed by atoms with Crippen molar-refractivity contribution in [2.24, 2.45) is 0 Å². The summed E-state index contributed by atoms with van der Waals surface area (Å²) in [4.78, 5) is 12.0. The van der Waals surface area contributed by atoms with Crippen LogP contribution in [0.25, 0.3) is 0 Å². The number of carbonyl (C=O) groups is 1. The molecule has 0 saturated heterocycles. The maximum atomic E-state index is 12.0. The van der Waals surface area contributed by atoms with Crippen LogP contribution in [-0.4, -0.2) is 34.7 Å². The Morgan fingerprint density at radius 1 is 1.24 bits per heavy atom. The maximum absolute atomic E-state index is 12.0. The van der Waals surface area contributed by atoms with Gasteiger partial charge in [0.25, 0.3) is 0 Å². The second kappa shape index (κ2) is 6.36. The lowest BCUT2D eigenvalue weighted by Crippen LogP contribution is -2.55. The summed E-state index contributed by atoms with van der Waals surface area (Å²) in [6.45, 7) is 12.0. The van der Waals surface area contributed by atoms with E-state index in [0.717, 1.165) is 6.42 Å². The summed E-state index contributed by atoms with van der Waals surface area (Å²) in [6.07, 6.45) is 1.52. The standard InChI is InChI=1S/C13H28N2O2/c1-7-12(3,4)15-11(17)10(2)14-13(5,6)8-9-16/h10,14,16H,7-9H2,1-6H3,(H,15,17). The van der Waals surface area contributed by atoms with Crippen molar-refractivity contribution in [3.63, 3.8) is 0 Å². The number of nitrogens with one attached hydrogen (secondary N) is 2. The maximum Gasteiger partial charge on any atom is 0.237 e. The highest BCUT2D eigenvalue weighted by atomic mass is 16.3. The van der Waals surface area contributed by atoms with Crippen molar-refractivity contribution in [3.8, 4) is 0 Å². The van der Waals surface area contributed by atoms with E-state index in [0.29, 0.717) is 6.42 Å². The van der Waals surface area contributed by atoms with Crippen molar-refractivity contribution < 1.29 is 9.90 Å². The zero-order valence-electron chi connectivity index (χ0n) is 12.1. The summed E-state index contributed by atoms with van der Waals surface area (Å²) in [5, 5.41) is 15.2. The van der Waals surface area contributed by atoms with Gasteiger partial charge in [0.05, 0.1) is 6.04 Å². The number of carbonyl (C=O) groups excluding carboxylic acids is 1. The second-order valence-corrected chi connectivity index (χ2v) is 5.95. The average molecular weight is 244 g/mol. The van der Waals surface area contributed by atoms with Gasteiger partial charge < -0.3 is 15.7 Å². The molecule has 0 heterocycles. The van der Waals surface area contributed by atoms with Crippen molar-refractivity contribution in [1.29, 1.82) is 0 Å². The Morgan fingerprint density at radius 3 is 2.18 bits per heavy atom. The second-order valence-electron chi connectivity index (χ2n) is 5.95. The number of hydrogen-bond donors (Lipinski definition) is 3. The molecule has 0 aromatic rings. The summed E-state index contributed by atoms with van der Waals surface area (Å²) in [7, 11) is 0. The summed E-state index contributed by atoms with van der Waals surface area (Å²) in [6, 6.07) is -0.262. The molecule has 0 fully saturated rings. The predicted molar refractivity (Wildman–Crippen MR) is 70.9 cm³/mol. The minimum absolute atomic E-state index is 0.00265. The molecule has 0 saturated carbocycles. The van der Waals surface area contributed by atoms with E-state index in [1.807, 2.05) is 41.5 Å². The summed E-state index contributed by atoms with van der Waals surface area (Å²) < 4.78 is 0. The Hall–Kier alpha value is -0.610. The number of amides is 1. The van der Waals surface area contributed by atoms with Crippen LogP contribution in [0.5, 0.6) is 0 Å². The third kappa shape index (κ3) is 6.64. The van der Waals surface area contributed by atoms with E-state index in [1.165, 1.54) is 0 Å². The van der Waals surface area contributed by atoms with E-state index < -0.39 is 0 Å². The van der Waals surface area contributed by atoms with Crippen molar-refractivity contribution >= 4 is 5.91 Å². The van der Waals surface area contributed by atoms with Gasteiger partial charge in [-0.3, -0.25) is 4.79 Å². The summed E-state index contributed by atoms with van der Waals surface area (Å²) >= 11 is 0. The SMILES string of the molecule is CCC(C)(C)NC(=O)C(C)NC(C)(C)CCO. The van der Waals surface area contributed by atoms with Crippen molar-refractivity contribution in [1.82, 2.24) is 10.6 Å². The van der Waals surface area contributed by atoms with Gasteiger partial charge in [-0.15, -0.1) is 0 Å². The Balaban J connectivity index is 4.32. The quantitative estimate of drug-likeness (QED) is 0.635. The lowest BCUT2D eigenvalue weighted by atomic mass is 9.98. The van der Waals surface area contributed by atoms with Gasteiger partial charge in [-0.05, 0) is 47.5 Å². The van der Waals surface area contributed by atoms with Gasteiger partial charge >= 0.3 is 0 Å².